The highest BCUT2D eigenvalue weighted by atomic mass is 32.2. The predicted molar refractivity (Wildman–Crippen MR) is 91.4 cm³/mol. The predicted octanol–water partition coefficient (Wildman–Crippen LogP) is 3.58. The van der Waals surface area contributed by atoms with E-state index in [9.17, 15) is 8.42 Å². The Kier molecular flexibility index (Phi) is 3.66. The van der Waals surface area contributed by atoms with Crippen molar-refractivity contribution in [3.8, 4) is 0 Å². The van der Waals surface area contributed by atoms with E-state index in [4.69, 9.17) is 4.55 Å². The van der Waals surface area contributed by atoms with Crippen LogP contribution >= 0.6 is 11.3 Å². The molecule has 0 fully saturated rings. The third-order valence-corrected chi connectivity index (χ3v) is 6.54. The maximum Gasteiger partial charge on any atom is 0.266 e. The summed E-state index contributed by atoms with van der Waals surface area (Å²) in [5.74, 6) is -0.197. The third kappa shape index (κ3) is 2.49. The molecule has 6 heteroatoms. The lowest BCUT2D eigenvalue weighted by Gasteiger charge is -2.15. The number of benzene rings is 1. The molecule has 1 aliphatic rings. The van der Waals surface area contributed by atoms with Crippen LogP contribution < -0.4 is 0 Å². The Bertz CT molecular complexity index is 876. The molecule has 0 unspecified atom stereocenters. The van der Waals surface area contributed by atoms with Crippen molar-refractivity contribution in [3.63, 3.8) is 0 Å². The van der Waals surface area contributed by atoms with E-state index in [1.54, 1.807) is 11.3 Å². The largest absolute Gasteiger partial charge is 0.286 e. The maximum absolute atomic E-state index is 10.9. The lowest BCUT2D eigenvalue weighted by atomic mass is 9.82. The molecule has 0 aliphatic carbocycles. The van der Waals surface area contributed by atoms with Crippen molar-refractivity contribution in [1.82, 2.24) is 0 Å². The minimum Gasteiger partial charge on any atom is -0.286 e. The van der Waals surface area contributed by atoms with Gasteiger partial charge in [0.05, 0.1) is 16.7 Å². The van der Waals surface area contributed by atoms with Crippen LogP contribution in [-0.4, -0.2) is 35.6 Å². The Morgan fingerprint density at radius 3 is 2.64 bits per heavy atom. The molecule has 0 amide bonds. The molecule has 2 heterocycles. The zero-order valence-electron chi connectivity index (χ0n) is 13.0. The summed E-state index contributed by atoms with van der Waals surface area (Å²) in [6.07, 6.45) is 0.417. The van der Waals surface area contributed by atoms with Crippen LogP contribution in [0.1, 0.15) is 32.8 Å². The van der Waals surface area contributed by atoms with E-state index in [0.29, 0.717) is 13.0 Å². The first-order chi connectivity index (χ1) is 10.2. The SMILES string of the molecule is CC1=[N+](CCCS(=O)(=O)O)c2sc3ccccc3c2C1(C)C. The van der Waals surface area contributed by atoms with Crippen LogP contribution in [0, 0.1) is 0 Å². The van der Waals surface area contributed by atoms with Gasteiger partial charge >= 0.3 is 0 Å². The highest BCUT2D eigenvalue weighted by Gasteiger charge is 2.45. The van der Waals surface area contributed by atoms with Gasteiger partial charge in [0.1, 0.15) is 0 Å². The normalized spacial score (nSPS) is 17.3. The fraction of sp³-hybridized carbons (Fsp3) is 0.438. The van der Waals surface area contributed by atoms with Crippen molar-refractivity contribution in [2.45, 2.75) is 32.6 Å². The van der Waals surface area contributed by atoms with Crippen LogP contribution in [0.5, 0.6) is 0 Å². The number of nitrogens with zero attached hydrogens (tertiary/aromatic N) is 1. The highest BCUT2D eigenvalue weighted by molar-refractivity contribution is 7.85. The Labute approximate surface area is 134 Å². The molecule has 1 aromatic heterocycles. The molecule has 0 atom stereocenters. The monoisotopic (exact) mass is 338 g/mol. The van der Waals surface area contributed by atoms with E-state index < -0.39 is 10.1 Å². The summed E-state index contributed by atoms with van der Waals surface area (Å²) in [6.45, 7) is 7.13. The van der Waals surface area contributed by atoms with Gasteiger partial charge in [0.25, 0.3) is 15.1 Å². The number of hydrogen-bond acceptors (Lipinski definition) is 3. The lowest BCUT2D eigenvalue weighted by molar-refractivity contribution is -0.434. The smallest absolute Gasteiger partial charge is 0.266 e. The standard InChI is InChI=1S/C16H19NO3S2/c1-11-16(2,3)14-12-7-4-5-8-13(12)21-15(14)17(11)9-6-10-22(18,19)20/h4-5,7-8H,6,9-10H2,1-3H3/p+1. The topological polar surface area (TPSA) is 57.4 Å². The van der Waals surface area contributed by atoms with Crippen molar-refractivity contribution in [3.05, 3.63) is 29.8 Å². The molecule has 22 heavy (non-hydrogen) atoms. The van der Waals surface area contributed by atoms with Crippen LogP contribution in [0.2, 0.25) is 0 Å². The molecule has 3 rings (SSSR count). The average molecular weight is 338 g/mol. The second-order valence-electron chi connectivity index (χ2n) is 6.28. The zero-order valence-corrected chi connectivity index (χ0v) is 14.6. The lowest BCUT2D eigenvalue weighted by Crippen LogP contribution is -2.27. The van der Waals surface area contributed by atoms with Crippen molar-refractivity contribution in [1.29, 1.82) is 0 Å². The van der Waals surface area contributed by atoms with Gasteiger partial charge < -0.3 is 0 Å². The molecule has 2 aromatic rings. The van der Waals surface area contributed by atoms with Crippen molar-refractivity contribution < 1.29 is 17.5 Å². The van der Waals surface area contributed by atoms with E-state index in [1.807, 2.05) is 6.07 Å². The first-order valence-electron chi connectivity index (χ1n) is 7.30. The Hall–Kier alpha value is -1.24. The Morgan fingerprint density at radius 2 is 1.95 bits per heavy atom. The summed E-state index contributed by atoms with van der Waals surface area (Å²) in [7, 11) is -3.90. The van der Waals surface area contributed by atoms with E-state index in [2.05, 4.69) is 43.5 Å². The molecule has 4 nitrogen and oxygen atoms in total. The molecule has 1 aliphatic heterocycles. The van der Waals surface area contributed by atoms with Crippen LogP contribution in [0.3, 0.4) is 0 Å². The highest BCUT2D eigenvalue weighted by Crippen LogP contribution is 2.49. The van der Waals surface area contributed by atoms with Crippen LogP contribution in [0.25, 0.3) is 10.1 Å². The number of thiophene rings is 1. The molecule has 0 saturated heterocycles. The molecule has 0 saturated carbocycles. The molecule has 0 bridgehead atoms. The van der Waals surface area contributed by atoms with Crippen molar-refractivity contribution in [2.75, 3.05) is 12.3 Å². The number of hydrogen-bond donors (Lipinski definition) is 1. The molecular weight excluding hydrogens is 318 g/mol. The van der Waals surface area contributed by atoms with Gasteiger partial charge in [-0.2, -0.15) is 13.0 Å². The van der Waals surface area contributed by atoms with Gasteiger partial charge in [-0.15, -0.1) is 0 Å². The molecule has 0 radical (unpaired) electrons. The van der Waals surface area contributed by atoms with Gasteiger partial charge in [0.15, 0.2) is 12.3 Å². The van der Waals surface area contributed by atoms with Gasteiger partial charge in [0.2, 0.25) is 0 Å². The van der Waals surface area contributed by atoms with Gasteiger partial charge in [-0.3, -0.25) is 4.55 Å². The van der Waals surface area contributed by atoms with Crippen LogP contribution in [-0.2, 0) is 15.5 Å². The number of fused-ring (bicyclic) bond motifs is 3. The van der Waals surface area contributed by atoms with Gasteiger partial charge in [-0.05, 0) is 19.9 Å². The fourth-order valence-electron chi connectivity index (χ4n) is 3.17. The van der Waals surface area contributed by atoms with Crippen LogP contribution in [0.4, 0.5) is 5.00 Å². The van der Waals surface area contributed by atoms with E-state index in [0.717, 1.165) is 0 Å². The van der Waals surface area contributed by atoms with Gasteiger partial charge in [-0.1, -0.05) is 29.5 Å². The first-order valence-corrected chi connectivity index (χ1v) is 9.73. The second kappa shape index (κ2) is 5.15. The summed E-state index contributed by atoms with van der Waals surface area (Å²) >= 11 is 1.75. The summed E-state index contributed by atoms with van der Waals surface area (Å²) < 4.78 is 34.3. The average Bonchev–Trinajstić information content (AvgIpc) is 2.88. The summed E-state index contributed by atoms with van der Waals surface area (Å²) in [4.78, 5) is 0. The minimum absolute atomic E-state index is 0.0625. The van der Waals surface area contributed by atoms with E-state index in [1.165, 1.54) is 26.4 Å². The van der Waals surface area contributed by atoms with Crippen molar-refractivity contribution in [2.24, 2.45) is 0 Å². The van der Waals surface area contributed by atoms with E-state index in [-0.39, 0.29) is 11.2 Å². The molecule has 1 aromatic carbocycles. The van der Waals surface area contributed by atoms with Crippen molar-refractivity contribution >= 4 is 42.3 Å². The maximum atomic E-state index is 10.9. The Balaban J connectivity index is 2.03. The number of rotatable bonds is 4. The van der Waals surface area contributed by atoms with E-state index >= 15 is 0 Å². The summed E-state index contributed by atoms with van der Waals surface area (Å²) in [6, 6.07) is 8.38. The molecule has 118 valence electrons. The second-order valence-corrected chi connectivity index (χ2v) is 8.88. The Morgan fingerprint density at radius 1 is 1.27 bits per heavy atom. The molecule has 1 N–H and O–H groups in total. The third-order valence-electron chi connectivity index (χ3n) is 4.54. The molecule has 0 spiro atoms. The minimum atomic E-state index is -3.90. The molecular formula is C16H20NO3S2+. The summed E-state index contributed by atoms with van der Waals surface area (Å²) in [5, 5.41) is 2.49. The van der Waals surface area contributed by atoms with Crippen LogP contribution in [0.15, 0.2) is 24.3 Å². The van der Waals surface area contributed by atoms with Gasteiger partial charge in [-0.25, -0.2) is 0 Å². The zero-order chi connectivity index (χ0) is 16.1. The van der Waals surface area contributed by atoms with Gasteiger partial charge in [0, 0.05) is 23.4 Å². The first kappa shape index (κ1) is 15.6. The summed E-state index contributed by atoms with van der Waals surface area (Å²) in [5.41, 5.74) is 2.50. The quantitative estimate of drug-likeness (QED) is 0.685. The fourth-order valence-corrected chi connectivity index (χ4v) is 5.11.